The first-order chi connectivity index (χ1) is 8.16. The quantitative estimate of drug-likeness (QED) is 0.789. The largest absolute Gasteiger partial charge is 0.487 e. The molecule has 4 heteroatoms. The van der Waals surface area contributed by atoms with Gasteiger partial charge in [0.05, 0.1) is 5.02 Å². The Hall–Kier alpha value is -1.06. The highest BCUT2D eigenvalue weighted by Gasteiger charge is 2.05. The maximum Gasteiger partial charge on any atom is 0.138 e. The van der Waals surface area contributed by atoms with Gasteiger partial charge in [0.25, 0.3) is 0 Å². The van der Waals surface area contributed by atoms with Crippen LogP contribution in [0.3, 0.4) is 0 Å². The minimum absolute atomic E-state index is 0.148. The van der Waals surface area contributed by atoms with E-state index in [9.17, 15) is 4.39 Å². The van der Waals surface area contributed by atoms with Gasteiger partial charge in [-0.25, -0.2) is 4.39 Å². The number of benzene rings is 2. The zero-order valence-electron chi connectivity index (χ0n) is 8.79. The summed E-state index contributed by atoms with van der Waals surface area (Å²) < 4.78 is 19.7. The first kappa shape index (κ1) is 12.4. The van der Waals surface area contributed by atoms with E-state index in [4.69, 9.17) is 16.3 Å². The summed E-state index contributed by atoms with van der Waals surface area (Å²) in [5.74, 6) is 0.258. The topological polar surface area (TPSA) is 9.23 Å². The van der Waals surface area contributed by atoms with E-state index < -0.39 is 0 Å². The molecule has 88 valence electrons. The van der Waals surface area contributed by atoms with E-state index in [1.807, 2.05) is 12.1 Å². The molecule has 0 spiro atoms. The van der Waals surface area contributed by atoms with Crippen molar-refractivity contribution in [3.63, 3.8) is 0 Å². The summed E-state index contributed by atoms with van der Waals surface area (Å²) in [5.41, 5.74) is 0.485. The van der Waals surface area contributed by atoms with Crippen LogP contribution in [0, 0.1) is 5.82 Å². The van der Waals surface area contributed by atoms with E-state index in [0.717, 1.165) is 4.47 Å². The van der Waals surface area contributed by atoms with Crippen molar-refractivity contribution in [3.8, 4) is 5.75 Å². The molecule has 0 saturated carbocycles. The van der Waals surface area contributed by atoms with Gasteiger partial charge >= 0.3 is 0 Å². The van der Waals surface area contributed by atoms with E-state index in [1.54, 1.807) is 24.3 Å². The van der Waals surface area contributed by atoms with Crippen molar-refractivity contribution in [2.45, 2.75) is 6.61 Å². The van der Waals surface area contributed by atoms with E-state index in [0.29, 0.717) is 16.3 Å². The van der Waals surface area contributed by atoms with Crippen LogP contribution in [0.4, 0.5) is 4.39 Å². The minimum Gasteiger partial charge on any atom is -0.487 e. The Morgan fingerprint density at radius 3 is 2.71 bits per heavy atom. The van der Waals surface area contributed by atoms with Crippen LogP contribution >= 0.6 is 27.5 Å². The van der Waals surface area contributed by atoms with Crippen molar-refractivity contribution in [2.75, 3.05) is 0 Å². The second-order valence-corrected chi connectivity index (χ2v) is 4.78. The van der Waals surface area contributed by atoms with Gasteiger partial charge in [-0.15, -0.1) is 0 Å². The molecule has 2 aromatic carbocycles. The Labute approximate surface area is 112 Å². The standard InChI is InChI=1S/C13H9BrClFO/c14-10-5-6-12(16)9(7-10)8-17-13-4-2-1-3-11(13)15/h1-7H,8H2. The van der Waals surface area contributed by atoms with Gasteiger partial charge in [0.15, 0.2) is 0 Å². The van der Waals surface area contributed by atoms with Crippen LogP contribution in [-0.4, -0.2) is 0 Å². The Bertz CT molecular complexity index is 531. The molecule has 0 radical (unpaired) electrons. The van der Waals surface area contributed by atoms with Crippen molar-refractivity contribution in [1.29, 1.82) is 0 Å². The summed E-state index contributed by atoms with van der Waals surface area (Å²) >= 11 is 9.22. The van der Waals surface area contributed by atoms with Gasteiger partial charge in [-0.1, -0.05) is 39.7 Å². The molecule has 1 nitrogen and oxygen atoms in total. The smallest absolute Gasteiger partial charge is 0.138 e. The second kappa shape index (κ2) is 5.52. The molecule has 2 aromatic rings. The molecule has 0 aliphatic rings. The van der Waals surface area contributed by atoms with Gasteiger partial charge in [0, 0.05) is 10.0 Å². The molecule has 2 rings (SSSR count). The third-order valence-electron chi connectivity index (χ3n) is 2.23. The average molecular weight is 316 g/mol. The molecule has 0 aliphatic heterocycles. The second-order valence-electron chi connectivity index (χ2n) is 3.45. The number of ether oxygens (including phenoxy) is 1. The number of rotatable bonds is 3. The predicted octanol–water partition coefficient (Wildman–Crippen LogP) is 4.82. The molecule has 0 N–H and O–H groups in total. The van der Waals surface area contributed by atoms with Gasteiger partial charge in [-0.2, -0.15) is 0 Å². The molecule has 0 heterocycles. The number of hydrogen-bond donors (Lipinski definition) is 0. The summed E-state index contributed by atoms with van der Waals surface area (Å²) in [6.07, 6.45) is 0. The van der Waals surface area contributed by atoms with E-state index in [1.165, 1.54) is 6.07 Å². The monoisotopic (exact) mass is 314 g/mol. The summed E-state index contributed by atoms with van der Waals surface area (Å²) in [4.78, 5) is 0. The molecule has 0 unspecified atom stereocenters. The number of hydrogen-bond acceptors (Lipinski definition) is 1. The first-order valence-corrected chi connectivity index (χ1v) is 6.15. The molecule has 0 aromatic heterocycles. The Morgan fingerprint density at radius 2 is 1.94 bits per heavy atom. The fraction of sp³-hybridized carbons (Fsp3) is 0.0769. The number of halogens is 3. The molecular weight excluding hydrogens is 306 g/mol. The maximum absolute atomic E-state index is 13.4. The van der Waals surface area contributed by atoms with Gasteiger partial charge in [0.2, 0.25) is 0 Å². The molecular formula is C13H9BrClFO. The van der Waals surface area contributed by atoms with Crippen LogP contribution in [0.1, 0.15) is 5.56 Å². The molecule has 0 atom stereocenters. The molecule has 0 fully saturated rings. The first-order valence-electron chi connectivity index (χ1n) is 4.98. The summed E-state index contributed by atoms with van der Waals surface area (Å²) in [7, 11) is 0. The molecule has 0 amide bonds. The highest BCUT2D eigenvalue weighted by Crippen LogP contribution is 2.25. The van der Waals surface area contributed by atoms with Crippen molar-refractivity contribution < 1.29 is 9.13 Å². The third kappa shape index (κ3) is 3.20. The fourth-order valence-electron chi connectivity index (χ4n) is 1.37. The van der Waals surface area contributed by atoms with Crippen LogP contribution in [0.5, 0.6) is 5.75 Å². The highest BCUT2D eigenvalue weighted by molar-refractivity contribution is 9.10. The predicted molar refractivity (Wildman–Crippen MR) is 69.9 cm³/mol. The Morgan fingerprint density at radius 1 is 1.18 bits per heavy atom. The lowest BCUT2D eigenvalue weighted by atomic mass is 10.2. The maximum atomic E-state index is 13.4. The molecule has 17 heavy (non-hydrogen) atoms. The lowest BCUT2D eigenvalue weighted by Gasteiger charge is -2.08. The van der Waals surface area contributed by atoms with Crippen LogP contribution in [-0.2, 0) is 6.61 Å². The van der Waals surface area contributed by atoms with Gasteiger partial charge in [0.1, 0.15) is 18.2 Å². The van der Waals surface area contributed by atoms with Crippen LogP contribution in [0.15, 0.2) is 46.9 Å². The van der Waals surface area contributed by atoms with Crippen molar-refractivity contribution >= 4 is 27.5 Å². The minimum atomic E-state index is -0.291. The van der Waals surface area contributed by atoms with Crippen LogP contribution in [0.2, 0.25) is 5.02 Å². The zero-order chi connectivity index (χ0) is 12.3. The normalized spacial score (nSPS) is 10.3. The van der Waals surface area contributed by atoms with E-state index in [-0.39, 0.29) is 12.4 Å². The average Bonchev–Trinajstić information content (AvgIpc) is 2.32. The SMILES string of the molecule is Fc1ccc(Br)cc1COc1ccccc1Cl. The lowest BCUT2D eigenvalue weighted by molar-refractivity contribution is 0.300. The highest BCUT2D eigenvalue weighted by atomic mass is 79.9. The van der Waals surface area contributed by atoms with Crippen LogP contribution < -0.4 is 4.74 Å². The van der Waals surface area contributed by atoms with Crippen LogP contribution in [0.25, 0.3) is 0 Å². The van der Waals surface area contributed by atoms with Gasteiger partial charge < -0.3 is 4.74 Å². The third-order valence-corrected chi connectivity index (χ3v) is 3.03. The molecule has 0 aliphatic carbocycles. The van der Waals surface area contributed by atoms with Crippen molar-refractivity contribution in [3.05, 3.63) is 63.3 Å². The van der Waals surface area contributed by atoms with Gasteiger partial charge in [-0.05, 0) is 30.3 Å². The Kier molecular flexibility index (Phi) is 4.02. The molecule has 0 saturated heterocycles. The van der Waals surface area contributed by atoms with Gasteiger partial charge in [-0.3, -0.25) is 0 Å². The Balaban J connectivity index is 2.12. The summed E-state index contributed by atoms with van der Waals surface area (Å²) in [5, 5.41) is 0.517. The van der Waals surface area contributed by atoms with Crippen molar-refractivity contribution in [1.82, 2.24) is 0 Å². The van der Waals surface area contributed by atoms with Crippen molar-refractivity contribution in [2.24, 2.45) is 0 Å². The fourth-order valence-corrected chi connectivity index (χ4v) is 1.97. The number of para-hydroxylation sites is 1. The van der Waals surface area contributed by atoms with E-state index in [2.05, 4.69) is 15.9 Å². The van der Waals surface area contributed by atoms with E-state index >= 15 is 0 Å². The lowest BCUT2D eigenvalue weighted by Crippen LogP contribution is -1.98. The summed E-state index contributed by atoms with van der Waals surface area (Å²) in [6, 6.07) is 11.8. The summed E-state index contributed by atoms with van der Waals surface area (Å²) in [6.45, 7) is 0.148. The zero-order valence-corrected chi connectivity index (χ0v) is 11.1. The molecule has 0 bridgehead atoms.